The number of carbonyl (C=O) groups is 2. The lowest BCUT2D eigenvalue weighted by Gasteiger charge is -2.37. The SMILES string of the molecule is COc1cc(Cl)cc2cc(C(=O)N3CCCC4(CNC(=O)O4)C3)oc12. The van der Waals surface area contributed by atoms with E-state index in [-0.39, 0.29) is 11.7 Å². The zero-order chi connectivity index (χ0) is 17.6. The molecular weight excluding hydrogens is 348 g/mol. The Bertz CT molecular complexity index is 864. The molecule has 3 heterocycles. The minimum absolute atomic E-state index is 0.213. The summed E-state index contributed by atoms with van der Waals surface area (Å²) in [6, 6.07) is 5.02. The van der Waals surface area contributed by atoms with E-state index >= 15 is 0 Å². The molecule has 1 unspecified atom stereocenters. The summed E-state index contributed by atoms with van der Waals surface area (Å²) >= 11 is 6.06. The zero-order valence-corrected chi connectivity index (χ0v) is 14.4. The second-order valence-corrected chi connectivity index (χ2v) is 6.83. The fourth-order valence-corrected chi connectivity index (χ4v) is 3.72. The lowest BCUT2D eigenvalue weighted by Crippen LogP contribution is -2.52. The molecule has 132 valence electrons. The third-order valence-corrected chi connectivity index (χ3v) is 4.89. The number of halogens is 1. The molecule has 1 aromatic heterocycles. The Morgan fingerprint density at radius 1 is 1.40 bits per heavy atom. The Morgan fingerprint density at radius 2 is 2.24 bits per heavy atom. The van der Waals surface area contributed by atoms with Crippen molar-refractivity contribution >= 4 is 34.6 Å². The highest BCUT2D eigenvalue weighted by molar-refractivity contribution is 6.31. The molecule has 7 nitrogen and oxygen atoms in total. The third-order valence-electron chi connectivity index (χ3n) is 4.67. The summed E-state index contributed by atoms with van der Waals surface area (Å²) in [6.45, 7) is 1.35. The molecule has 4 rings (SSSR count). The summed E-state index contributed by atoms with van der Waals surface area (Å²) in [4.78, 5) is 25.9. The third kappa shape index (κ3) is 2.78. The van der Waals surface area contributed by atoms with E-state index < -0.39 is 11.7 Å². The summed E-state index contributed by atoms with van der Waals surface area (Å²) in [5.74, 6) is 0.451. The number of piperidine rings is 1. The normalized spacial score (nSPS) is 23.0. The summed E-state index contributed by atoms with van der Waals surface area (Å²) in [5.41, 5.74) is -0.159. The standard InChI is InChI=1S/C17H17ClN2O5/c1-23-12-7-11(18)5-10-6-13(24-14(10)12)15(21)20-4-2-3-17(9-20)8-19-16(22)25-17/h5-7H,2-4,8-9H2,1H3,(H,19,22). The Hall–Kier alpha value is -2.41. The minimum atomic E-state index is -0.641. The Balaban J connectivity index is 1.62. The average molecular weight is 365 g/mol. The van der Waals surface area contributed by atoms with Crippen molar-refractivity contribution in [3.8, 4) is 5.75 Å². The molecule has 1 atom stereocenters. The smallest absolute Gasteiger partial charge is 0.407 e. The van der Waals surface area contributed by atoms with Crippen LogP contribution in [0.2, 0.25) is 5.02 Å². The van der Waals surface area contributed by atoms with Crippen molar-refractivity contribution in [3.63, 3.8) is 0 Å². The maximum Gasteiger partial charge on any atom is 0.407 e. The molecular formula is C17H17ClN2O5. The van der Waals surface area contributed by atoms with Crippen LogP contribution in [-0.4, -0.2) is 49.2 Å². The second kappa shape index (κ2) is 5.84. The van der Waals surface area contributed by atoms with Crippen LogP contribution < -0.4 is 10.1 Å². The van der Waals surface area contributed by atoms with Gasteiger partial charge in [-0.1, -0.05) is 11.6 Å². The predicted octanol–water partition coefficient (Wildman–Crippen LogP) is 2.81. The molecule has 0 bridgehead atoms. The van der Waals surface area contributed by atoms with Gasteiger partial charge in [-0.3, -0.25) is 4.79 Å². The number of nitrogens with one attached hydrogen (secondary N) is 1. The number of rotatable bonds is 2. The van der Waals surface area contributed by atoms with Gasteiger partial charge in [0.05, 0.1) is 20.2 Å². The molecule has 25 heavy (non-hydrogen) atoms. The first-order valence-corrected chi connectivity index (χ1v) is 8.41. The van der Waals surface area contributed by atoms with Crippen molar-refractivity contribution in [1.29, 1.82) is 0 Å². The van der Waals surface area contributed by atoms with E-state index in [1.807, 2.05) is 0 Å². The summed E-state index contributed by atoms with van der Waals surface area (Å²) < 4.78 is 16.4. The van der Waals surface area contributed by atoms with Crippen molar-refractivity contribution < 1.29 is 23.5 Å². The van der Waals surface area contributed by atoms with Crippen LogP contribution in [0.3, 0.4) is 0 Å². The summed E-state index contributed by atoms with van der Waals surface area (Å²) in [6.07, 6.45) is 1.06. The van der Waals surface area contributed by atoms with Gasteiger partial charge >= 0.3 is 6.09 Å². The predicted molar refractivity (Wildman–Crippen MR) is 90.1 cm³/mol. The van der Waals surface area contributed by atoms with Gasteiger partial charge in [0.2, 0.25) is 0 Å². The number of hydrogen-bond donors (Lipinski definition) is 1. The average Bonchev–Trinajstić information content (AvgIpc) is 3.17. The number of furan rings is 1. The molecule has 1 N–H and O–H groups in total. The monoisotopic (exact) mass is 364 g/mol. The lowest BCUT2D eigenvalue weighted by molar-refractivity contribution is -0.00596. The van der Waals surface area contributed by atoms with Crippen LogP contribution in [0.25, 0.3) is 11.0 Å². The molecule has 1 aromatic carbocycles. The Morgan fingerprint density at radius 3 is 2.96 bits per heavy atom. The second-order valence-electron chi connectivity index (χ2n) is 6.39. The summed E-state index contributed by atoms with van der Waals surface area (Å²) in [5, 5.41) is 3.88. The maximum absolute atomic E-state index is 12.9. The number of alkyl carbamates (subject to hydrolysis) is 1. The first kappa shape index (κ1) is 16.1. The molecule has 1 spiro atoms. The van der Waals surface area contributed by atoms with Crippen LogP contribution in [0.15, 0.2) is 22.6 Å². The van der Waals surface area contributed by atoms with Gasteiger partial charge in [-0.15, -0.1) is 0 Å². The number of nitrogens with zero attached hydrogens (tertiary/aromatic N) is 1. The molecule has 2 fully saturated rings. The first-order chi connectivity index (χ1) is 12.0. The Labute approximate surface area is 148 Å². The molecule has 0 aliphatic carbocycles. The molecule has 2 aliphatic rings. The highest BCUT2D eigenvalue weighted by Gasteiger charge is 2.45. The highest BCUT2D eigenvalue weighted by atomic mass is 35.5. The molecule has 2 aliphatic heterocycles. The molecule has 2 saturated heterocycles. The zero-order valence-electron chi connectivity index (χ0n) is 13.6. The number of fused-ring (bicyclic) bond motifs is 1. The molecule has 8 heteroatoms. The number of methoxy groups -OCH3 is 1. The van der Waals surface area contributed by atoms with Gasteiger partial charge < -0.3 is 24.1 Å². The van der Waals surface area contributed by atoms with Crippen molar-refractivity contribution in [2.75, 3.05) is 26.7 Å². The fraction of sp³-hybridized carbons (Fsp3) is 0.412. The lowest BCUT2D eigenvalue weighted by atomic mass is 9.93. The first-order valence-electron chi connectivity index (χ1n) is 8.03. The van der Waals surface area contributed by atoms with Gasteiger partial charge in [0.1, 0.15) is 5.60 Å². The van der Waals surface area contributed by atoms with Crippen molar-refractivity contribution in [1.82, 2.24) is 10.2 Å². The number of carbonyl (C=O) groups excluding carboxylic acids is 2. The van der Waals surface area contributed by atoms with Crippen LogP contribution >= 0.6 is 11.6 Å². The number of ether oxygens (including phenoxy) is 2. The van der Waals surface area contributed by atoms with Gasteiger partial charge in [0, 0.05) is 23.0 Å². The van der Waals surface area contributed by atoms with Gasteiger partial charge in [-0.2, -0.15) is 0 Å². The molecule has 2 aromatic rings. The quantitative estimate of drug-likeness (QED) is 0.886. The van der Waals surface area contributed by atoms with Crippen LogP contribution in [-0.2, 0) is 4.74 Å². The van der Waals surface area contributed by atoms with Gasteiger partial charge in [-0.05, 0) is 25.0 Å². The highest BCUT2D eigenvalue weighted by Crippen LogP contribution is 2.34. The van der Waals surface area contributed by atoms with Crippen molar-refractivity contribution in [3.05, 3.63) is 29.0 Å². The molecule has 2 amide bonds. The van der Waals surface area contributed by atoms with E-state index in [1.54, 1.807) is 23.1 Å². The largest absolute Gasteiger partial charge is 0.493 e. The van der Waals surface area contributed by atoms with Gasteiger partial charge in [0.25, 0.3) is 5.91 Å². The van der Waals surface area contributed by atoms with Gasteiger partial charge in [-0.25, -0.2) is 4.79 Å². The number of likely N-dealkylation sites (tertiary alicyclic amines) is 1. The minimum Gasteiger partial charge on any atom is -0.493 e. The maximum atomic E-state index is 12.9. The molecule has 0 radical (unpaired) electrons. The molecule has 0 saturated carbocycles. The number of hydrogen-bond acceptors (Lipinski definition) is 5. The Kier molecular flexibility index (Phi) is 3.76. The van der Waals surface area contributed by atoms with E-state index in [1.165, 1.54) is 7.11 Å². The van der Waals surface area contributed by atoms with Crippen LogP contribution in [0.5, 0.6) is 5.75 Å². The van der Waals surface area contributed by atoms with E-state index in [4.69, 9.17) is 25.5 Å². The van der Waals surface area contributed by atoms with E-state index in [0.29, 0.717) is 41.4 Å². The summed E-state index contributed by atoms with van der Waals surface area (Å²) in [7, 11) is 1.52. The van der Waals surface area contributed by atoms with E-state index in [2.05, 4.69) is 5.32 Å². The van der Waals surface area contributed by atoms with Crippen molar-refractivity contribution in [2.45, 2.75) is 18.4 Å². The van der Waals surface area contributed by atoms with Crippen LogP contribution in [0.4, 0.5) is 4.79 Å². The van der Waals surface area contributed by atoms with E-state index in [0.717, 1.165) is 12.8 Å². The van der Waals surface area contributed by atoms with Crippen LogP contribution in [0, 0.1) is 0 Å². The number of amides is 2. The van der Waals surface area contributed by atoms with Crippen molar-refractivity contribution in [2.24, 2.45) is 0 Å². The van der Waals surface area contributed by atoms with Crippen LogP contribution in [0.1, 0.15) is 23.4 Å². The topological polar surface area (TPSA) is 81.0 Å². The fourth-order valence-electron chi connectivity index (χ4n) is 3.50. The van der Waals surface area contributed by atoms with Gasteiger partial charge in [0.15, 0.2) is 17.1 Å². The van der Waals surface area contributed by atoms with E-state index in [9.17, 15) is 9.59 Å². The number of benzene rings is 1.